The van der Waals surface area contributed by atoms with Crippen LogP contribution in [0.15, 0.2) is 59.8 Å². The van der Waals surface area contributed by atoms with Crippen molar-refractivity contribution in [3.8, 4) is 11.4 Å². The van der Waals surface area contributed by atoms with Gasteiger partial charge in [-0.2, -0.15) is 0 Å². The molecular formula is C19H21FN4O2S2. The van der Waals surface area contributed by atoms with E-state index >= 15 is 0 Å². The van der Waals surface area contributed by atoms with E-state index in [-0.39, 0.29) is 11.6 Å². The summed E-state index contributed by atoms with van der Waals surface area (Å²) in [5.74, 6) is 0.998. The van der Waals surface area contributed by atoms with Crippen LogP contribution in [-0.2, 0) is 16.6 Å². The number of halogens is 1. The molecule has 0 unspecified atom stereocenters. The predicted octanol–water partition coefficient (Wildman–Crippen LogP) is 3.16. The van der Waals surface area contributed by atoms with E-state index in [0.717, 1.165) is 11.1 Å². The normalized spacial score (nSPS) is 11.6. The first-order valence-corrected chi connectivity index (χ1v) is 11.4. The number of sulfonamides is 1. The van der Waals surface area contributed by atoms with Gasteiger partial charge in [0.2, 0.25) is 10.0 Å². The fourth-order valence-corrected chi connectivity index (χ4v) is 4.42. The Labute approximate surface area is 168 Å². The maximum atomic E-state index is 13.3. The highest BCUT2D eigenvalue weighted by molar-refractivity contribution is 7.99. The number of hydrogen-bond donors (Lipinski definition) is 1. The molecule has 0 saturated carbocycles. The predicted molar refractivity (Wildman–Crippen MR) is 109 cm³/mol. The van der Waals surface area contributed by atoms with Crippen LogP contribution in [0.5, 0.6) is 0 Å². The SMILES string of the molecule is CNS(=O)(=O)CCCSc1nnc(-c2ccc(F)cc2)n1Cc1ccccc1. The van der Waals surface area contributed by atoms with E-state index < -0.39 is 10.0 Å². The first-order chi connectivity index (χ1) is 13.5. The maximum Gasteiger partial charge on any atom is 0.211 e. The molecule has 2 aromatic carbocycles. The third-order valence-electron chi connectivity index (χ3n) is 4.10. The highest BCUT2D eigenvalue weighted by atomic mass is 32.2. The summed E-state index contributed by atoms with van der Waals surface area (Å²) < 4.78 is 40.7. The first kappa shape index (κ1) is 20.5. The molecule has 148 valence electrons. The van der Waals surface area contributed by atoms with Gasteiger partial charge in [0, 0.05) is 11.3 Å². The van der Waals surface area contributed by atoms with Gasteiger partial charge in [0.25, 0.3) is 0 Å². The van der Waals surface area contributed by atoms with Crippen LogP contribution in [0.4, 0.5) is 4.39 Å². The van der Waals surface area contributed by atoms with Crippen LogP contribution in [0.2, 0.25) is 0 Å². The number of hydrogen-bond acceptors (Lipinski definition) is 5. The molecule has 9 heteroatoms. The summed E-state index contributed by atoms with van der Waals surface area (Å²) >= 11 is 1.46. The summed E-state index contributed by atoms with van der Waals surface area (Å²) in [4.78, 5) is 0. The minimum absolute atomic E-state index is 0.0636. The van der Waals surface area contributed by atoms with Crippen molar-refractivity contribution in [2.45, 2.75) is 18.1 Å². The number of thioether (sulfide) groups is 1. The van der Waals surface area contributed by atoms with E-state index in [9.17, 15) is 12.8 Å². The second kappa shape index (κ2) is 9.31. The molecule has 0 amide bonds. The monoisotopic (exact) mass is 420 g/mol. The molecule has 3 aromatic rings. The summed E-state index contributed by atoms with van der Waals surface area (Å²) in [7, 11) is -1.81. The van der Waals surface area contributed by atoms with Crippen molar-refractivity contribution in [3.63, 3.8) is 0 Å². The molecule has 28 heavy (non-hydrogen) atoms. The Kier molecular flexibility index (Phi) is 6.82. The second-order valence-electron chi connectivity index (χ2n) is 6.11. The summed E-state index contributed by atoms with van der Waals surface area (Å²) in [5, 5.41) is 9.28. The van der Waals surface area contributed by atoms with Crippen molar-refractivity contribution in [3.05, 3.63) is 66.0 Å². The van der Waals surface area contributed by atoms with Crippen molar-refractivity contribution < 1.29 is 12.8 Å². The van der Waals surface area contributed by atoms with Gasteiger partial charge in [-0.15, -0.1) is 10.2 Å². The van der Waals surface area contributed by atoms with Crippen LogP contribution in [0.3, 0.4) is 0 Å². The van der Waals surface area contributed by atoms with Crippen molar-refractivity contribution in [2.75, 3.05) is 18.6 Å². The van der Waals surface area contributed by atoms with E-state index in [2.05, 4.69) is 14.9 Å². The summed E-state index contributed by atoms with van der Waals surface area (Å²) in [5.41, 5.74) is 1.86. The minimum atomic E-state index is -3.22. The van der Waals surface area contributed by atoms with E-state index in [4.69, 9.17) is 0 Å². The zero-order chi connectivity index (χ0) is 20.0. The second-order valence-corrected chi connectivity index (χ2v) is 9.22. The molecular weight excluding hydrogens is 399 g/mol. The van der Waals surface area contributed by atoms with Crippen molar-refractivity contribution >= 4 is 21.8 Å². The fraction of sp³-hybridized carbons (Fsp3) is 0.263. The molecule has 0 aliphatic carbocycles. The van der Waals surface area contributed by atoms with Crippen molar-refractivity contribution in [1.82, 2.24) is 19.5 Å². The Morgan fingerprint density at radius 2 is 1.79 bits per heavy atom. The Balaban J connectivity index is 1.82. The van der Waals surface area contributed by atoms with Crippen LogP contribution < -0.4 is 4.72 Å². The molecule has 1 aromatic heterocycles. The summed E-state index contributed by atoms with van der Waals surface area (Å²) in [6.07, 6.45) is 0.498. The lowest BCUT2D eigenvalue weighted by Crippen LogP contribution is -2.22. The molecule has 6 nitrogen and oxygen atoms in total. The van der Waals surface area contributed by atoms with Gasteiger partial charge in [-0.3, -0.25) is 4.57 Å². The van der Waals surface area contributed by atoms with E-state index in [1.807, 2.05) is 34.9 Å². The number of benzene rings is 2. The third-order valence-corrected chi connectivity index (χ3v) is 6.60. The Bertz CT molecular complexity index is 1010. The van der Waals surface area contributed by atoms with Gasteiger partial charge in [0.1, 0.15) is 5.82 Å². The number of rotatable bonds is 9. The number of nitrogens with zero attached hydrogens (tertiary/aromatic N) is 3. The van der Waals surface area contributed by atoms with Gasteiger partial charge in [-0.1, -0.05) is 42.1 Å². The molecule has 0 fully saturated rings. The molecule has 0 bridgehead atoms. The lowest BCUT2D eigenvalue weighted by atomic mass is 10.2. The molecule has 0 aliphatic rings. The van der Waals surface area contributed by atoms with Crippen LogP contribution in [0, 0.1) is 5.82 Å². The molecule has 1 N–H and O–H groups in total. The quantitative estimate of drug-likeness (QED) is 0.425. The third kappa shape index (κ3) is 5.40. The van der Waals surface area contributed by atoms with Gasteiger partial charge in [-0.05, 0) is 43.3 Å². The van der Waals surface area contributed by atoms with Crippen LogP contribution in [-0.4, -0.2) is 41.7 Å². The smallest absolute Gasteiger partial charge is 0.211 e. The van der Waals surface area contributed by atoms with Crippen molar-refractivity contribution in [2.24, 2.45) is 0 Å². The van der Waals surface area contributed by atoms with Crippen molar-refractivity contribution in [1.29, 1.82) is 0 Å². The van der Waals surface area contributed by atoms with Gasteiger partial charge >= 0.3 is 0 Å². The average Bonchev–Trinajstić information content (AvgIpc) is 3.09. The highest BCUT2D eigenvalue weighted by Gasteiger charge is 2.15. The van der Waals surface area contributed by atoms with E-state index in [0.29, 0.717) is 29.7 Å². The zero-order valence-electron chi connectivity index (χ0n) is 15.4. The molecule has 0 atom stereocenters. The largest absolute Gasteiger partial charge is 0.298 e. The lowest BCUT2D eigenvalue weighted by molar-refractivity contribution is 0.587. The Morgan fingerprint density at radius 1 is 1.07 bits per heavy atom. The Morgan fingerprint density at radius 3 is 2.46 bits per heavy atom. The molecule has 0 spiro atoms. The van der Waals surface area contributed by atoms with Crippen LogP contribution >= 0.6 is 11.8 Å². The lowest BCUT2D eigenvalue weighted by Gasteiger charge is -2.10. The molecule has 0 aliphatic heterocycles. The van der Waals surface area contributed by atoms with Gasteiger partial charge < -0.3 is 0 Å². The van der Waals surface area contributed by atoms with Gasteiger partial charge in [0.05, 0.1) is 12.3 Å². The van der Waals surface area contributed by atoms with Crippen LogP contribution in [0.1, 0.15) is 12.0 Å². The van der Waals surface area contributed by atoms with Gasteiger partial charge in [-0.25, -0.2) is 17.5 Å². The highest BCUT2D eigenvalue weighted by Crippen LogP contribution is 2.26. The van der Waals surface area contributed by atoms with E-state index in [1.165, 1.54) is 30.9 Å². The first-order valence-electron chi connectivity index (χ1n) is 8.75. The summed E-state index contributed by atoms with van der Waals surface area (Å²) in [6, 6.07) is 16.1. The van der Waals surface area contributed by atoms with Crippen LogP contribution in [0.25, 0.3) is 11.4 Å². The minimum Gasteiger partial charge on any atom is -0.298 e. The van der Waals surface area contributed by atoms with E-state index in [1.54, 1.807) is 12.1 Å². The molecule has 0 radical (unpaired) electrons. The molecule has 1 heterocycles. The Hall–Kier alpha value is -2.23. The standard InChI is InChI=1S/C19H21FN4O2S2/c1-21-28(25,26)13-5-12-27-19-23-22-18(16-8-10-17(20)11-9-16)24(19)14-15-6-3-2-4-7-15/h2-4,6-11,21H,5,12-14H2,1H3. The number of aromatic nitrogens is 3. The molecule has 3 rings (SSSR count). The number of nitrogens with one attached hydrogen (secondary N) is 1. The fourth-order valence-electron chi connectivity index (χ4n) is 2.63. The maximum absolute atomic E-state index is 13.3. The average molecular weight is 421 g/mol. The molecule has 0 saturated heterocycles. The topological polar surface area (TPSA) is 76.9 Å². The zero-order valence-corrected chi connectivity index (χ0v) is 17.0. The summed E-state index contributed by atoms with van der Waals surface area (Å²) in [6.45, 7) is 0.567. The van der Waals surface area contributed by atoms with Gasteiger partial charge in [0.15, 0.2) is 11.0 Å².